The van der Waals surface area contributed by atoms with Crippen LogP contribution in [0, 0.1) is 11.3 Å². The Hall–Kier alpha value is -3.14. The summed E-state index contributed by atoms with van der Waals surface area (Å²) in [5.74, 6) is -0.382. The molecule has 3 amide bonds. The highest BCUT2D eigenvalue weighted by molar-refractivity contribution is 6.02. The molecule has 1 spiro atoms. The van der Waals surface area contributed by atoms with Crippen molar-refractivity contribution in [1.29, 1.82) is 0 Å². The molecule has 1 aromatic carbocycles. The average molecular weight is 580 g/mol. The maximum Gasteiger partial charge on any atom is 0.410 e. The summed E-state index contributed by atoms with van der Waals surface area (Å²) in [5, 5.41) is 8.11. The van der Waals surface area contributed by atoms with E-state index in [0.29, 0.717) is 18.8 Å². The zero-order chi connectivity index (χ0) is 29.8. The van der Waals surface area contributed by atoms with E-state index >= 15 is 0 Å². The fraction of sp³-hybridized carbons (Fsp3) is 0.688. The Balaban J connectivity index is 1.01. The number of piperidine rings is 2. The van der Waals surface area contributed by atoms with Gasteiger partial charge in [0, 0.05) is 56.1 Å². The van der Waals surface area contributed by atoms with E-state index < -0.39 is 11.5 Å². The van der Waals surface area contributed by atoms with Gasteiger partial charge in [-0.15, -0.1) is 0 Å². The molecular formula is C32H45N5O5. The van der Waals surface area contributed by atoms with E-state index in [1.54, 1.807) is 0 Å². The van der Waals surface area contributed by atoms with Gasteiger partial charge in [0.1, 0.15) is 5.60 Å². The zero-order valence-corrected chi connectivity index (χ0v) is 25.6. The normalized spacial score (nSPS) is 26.8. The van der Waals surface area contributed by atoms with Crippen molar-refractivity contribution < 1.29 is 23.9 Å². The molecule has 1 saturated carbocycles. The highest BCUT2D eigenvalue weighted by atomic mass is 16.6. The van der Waals surface area contributed by atoms with Crippen molar-refractivity contribution in [3.8, 4) is 0 Å². The second kappa shape index (κ2) is 10.8. The number of ether oxygens (including phenoxy) is 2. The molecular weight excluding hydrogens is 534 g/mol. The van der Waals surface area contributed by atoms with E-state index in [0.717, 1.165) is 80.6 Å². The summed E-state index contributed by atoms with van der Waals surface area (Å²) >= 11 is 0. The first-order chi connectivity index (χ1) is 19.9. The maximum absolute atomic E-state index is 12.5. The summed E-state index contributed by atoms with van der Waals surface area (Å²) in [5.41, 5.74) is 2.67. The van der Waals surface area contributed by atoms with Gasteiger partial charge >= 0.3 is 6.09 Å². The van der Waals surface area contributed by atoms with Gasteiger partial charge < -0.3 is 19.3 Å². The zero-order valence-electron chi connectivity index (χ0n) is 25.6. The van der Waals surface area contributed by atoms with Gasteiger partial charge in [0.2, 0.25) is 11.8 Å². The monoisotopic (exact) mass is 579 g/mol. The highest BCUT2D eigenvalue weighted by Crippen LogP contribution is 2.47. The third kappa shape index (κ3) is 5.74. The predicted octanol–water partition coefficient (Wildman–Crippen LogP) is 4.50. The highest BCUT2D eigenvalue weighted by Gasteiger charge is 2.50. The summed E-state index contributed by atoms with van der Waals surface area (Å²) in [7, 11) is 1.91. The summed E-state index contributed by atoms with van der Waals surface area (Å²) in [4.78, 5) is 40.8. The number of benzene rings is 1. The number of hydrogen-bond donors (Lipinski definition) is 1. The SMILES string of the molecule is C[C@@H]1CC2(CC[C@H]1OC1CCN(c3ccc4c(C5CCC(=O)NC5=O)nn(C)c4c3)CC1)CN(C(=O)OC(C)(C)C)C2. The van der Waals surface area contributed by atoms with Crippen LogP contribution >= 0.6 is 0 Å². The first-order valence-corrected chi connectivity index (χ1v) is 15.6. The number of anilines is 1. The van der Waals surface area contributed by atoms with E-state index in [9.17, 15) is 14.4 Å². The lowest BCUT2D eigenvalue weighted by Crippen LogP contribution is -2.61. The number of nitrogens with zero attached hydrogens (tertiary/aromatic N) is 4. The molecule has 6 rings (SSSR count). The van der Waals surface area contributed by atoms with Crippen LogP contribution in [0.4, 0.5) is 10.5 Å². The van der Waals surface area contributed by atoms with Crippen molar-refractivity contribution in [3.05, 3.63) is 23.9 Å². The molecule has 3 saturated heterocycles. The van der Waals surface area contributed by atoms with E-state index in [2.05, 4.69) is 40.4 Å². The molecule has 2 aromatic rings. The molecule has 4 aliphatic rings. The van der Waals surface area contributed by atoms with E-state index in [-0.39, 0.29) is 35.5 Å². The minimum Gasteiger partial charge on any atom is -0.444 e. The molecule has 1 aromatic heterocycles. The number of carbonyl (C=O) groups is 3. The van der Waals surface area contributed by atoms with Crippen LogP contribution < -0.4 is 10.2 Å². The fourth-order valence-corrected chi connectivity index (χ4v) is 7.54. The number of aromatic nitrogens is 2. The molecule has 228 valence electrons. The number of hydrogen-bond acceptors (Lipinski definition) is 7. The number of aryl methyl sites for hydroxylation is 1. The fourth-order valence-electron chi connectivity index (χ4n) is 7.54. The van der Waals surface area contributed by atoms with Gasteiger partial charge in [-0.1, -0.05) is 6.92 Å². The summed E-state index contributed by atoms with van der Waals surface area (Å²) in [6.07, 6.45) is 6.43. The Morgan fingerprint density at radius 3 is 2.50 bits per heavy atom. The third-order valence-electron chi connectivity index (χ3n) is 9.66. The first-order valence-electron chi connectivity index (χ1n) is 15.6. The number of rotatable bonds is 4. The number of fused-ring (bicyclic) bond motifs is 1. The molecule has 0 radical (unpaired) electrons. The van der Waals surface area contributed by atoms with Gasteiger partial charge in [-0.25, -0.2) is 4.79 Å². The molecule has 10 heteroatoms. The summed E-state index contributed by atoms with van der Waals surface area (Å²) in [6, 6.07) is 6.37. The van der Waals surface area contributed by atoms with Crippen molar-refractivity contribution in [1.82, 2.24) is 20.0 Å². The van der Waals surface area contributed by atoms with Gasteiger partial charge in [-0.2, -0.15) is 5.10 Å². The van der Waals surface area contributed by atoms with Gasteiger partial charge in [0.25, 0.3) is 0 Å². The lowest BCUT2D eigenvalue weighted by Gasteiger charge is -2.55. The number of nitrogens with one attached hydrogen (secondary N) is 1. The van der Waals surface area contributed by atoms with Crippen LogP contribution in [0.25, 0.3) is 10.9 Å². The van der Waals surface area contributed by atoms with E-state index in [1.165, 1.54) is 0 Å². The number of likely N-dealkylation sites (tertiary alicyclic amines) is 1. The van der Waals surface area contributed by atoms with Crippen LogP contribution in [0.2, 0.25) is 0 Å². The minimum absolute atomic E-state index is 0.191. The molecule has 4 heterocycles. The van der Waals surface area contributed by atoms with E-state index in [1.807, 2.05) is 37.4 Å². The van der Waals surface area contributed by atoms with Gasteiger partial charge in [-0.05, 0) is 83.4 Å². The average Bonchev–Trinajstić information content (AvgIpc) is 3.23. The second-order valence-electron chi connectivity index (χ2n) is 14.1. The number of imide groups is 1. The first kappa shape index (κ1) is 29.0. The lowest BCUT2D eigenvalue weighted by atomic mass is 9.64. The molecule has 4 fully saturated rings. The maximum atomic E-state index is 12.5. The molecule has 3 atom stereocenters. The Morgan fingerprint density at radius 2 is 1.83 bits per heavy atom. The molecule has 10 nitrogen and oxygen atoms in total. The van der Waals surface area contributed by atoms with Gasteiger partial charge in [-0.3, -0.25) is 19.6 Å². The molecule has 1 aliphatic carbocycles. The number of amides is 3. The Kier molecular flexibility index (Phi) is 7.48. The van der Waals surface area contributed by atoms with Crippen LogP contribution in [0.3, 0.4) is 0 Å². The van der Waals surface area contributed by atoms with Gasteiger partial charge in [0.15, 0.2) is 0 Å². The van der Waals surface area contributed by atoms with Crippen molar-refractivity contribution in [3.63, 3.8) is 0 Å². The van der Waals surface area contributed by atoms with Crippen LogP contribution in [-0.4, -0.2) is 76.6 Å². The molecule has 1 unspecified atom stereocenters. The van der Waals surface area contributed by atoms with Crippen LogP contribution in [0.15, 0.2) is 18.2 Å². The van der Waals surface area contributed by atoms with Crippen molar-refractivity contribution in [2.24, 2.45) is 18.4 Å². The number of carbonyl (C=O) groups excluding carboxylic acids is 3. The summed E-state index contributed by atoms with van der Waals surface area (Å²) in [6.45, 7) is 11.5. The Morgan fingerprint density at radius 1 is 1.10 bits per heavy atom. The topological polar surface area (TPSA) is 106 Å². The van der Waals surface area contributed by atoms with E-state index in [4.69, 9.17) is 9.47 Å². The van der Waals surface area contributed by atoms with Crippen LogP contribution in [-0.2, 0) is 26.1 Å². The van der Waals surface area contributed by atoms with Crippen LogP contribution in [0.1, 0.15) is 84.3 Å². The van der Waals surface area contributed by atoms with Crippen LogP contribution in [0.5, 0.6) is 0 Å². The van der Waals surface area contributed by atoms with Gasteiger partial charge in [0.05, 0.1) is 29.3 Å². The predicted molar refractivity (Wildman–Crippen MR) is 159 cm³/mol. The van der Waals surface area contributed by atoms with Crippen molar-refractivity contribution in [2.75, 3.05) is 31.1 Å². The largest absolute Gasteiger partial charge is 0.444 e. The second-order valence-corrected chi connectivity index (χ2v) is 14.1. The minimum atomic E-state index is -0.458. The molecule has 0 bridgehead atoms. The smallest absolute Gasteiger partial charge is 0.410 e. The molecule has 3 aliphatic heterocycles. The standard InChI is InChI=1S/C32H45N5O5/c1-20-17-32(18-37(19-32)30(40)42-31(2,3)4)13-10-26(20)41-22-11-14-36(15-12-22)21-6-7-23-25(16-21)35(5)34-28(23)24-8-9-27(38)33-29(24)39/h6-7,16,20,22,24,26H,8-15,17-19H2,1-5H3,(H,33,38,39)/t20-,24?,26-/m1/s1. The van der Waals surface area contributed by atoms with Crippen molar-refractivity contribution in [2.45, 2.75) is 96.4 Å². The molecule has 42 heavy (non-hydrogen) atoms. The lowest BCUT2D eigenvalue weighted by molar-refractivity contribution is -0.134. The molecule has 1 N–H and O–H groups in total. The Bertz CT molecular complexity index is 1370. The quantitative estimate of drug-likeness (QED) is 0.532. The Labute approximate surface area is 248 Å². The summed E-state index contributed by atoms with van der Waals surface area (Å²) < 4.78 is 14.1. The van der Waals surface area contributed by atoms with Crippen molar-refractivity contribution >= 4 is 34.5 Å². The third-order valence-corrected chi connectivity index (χ3v) is 9.66.